The second-order valence-corrected chi connectivity index (χ2v) is 9.96. The first kappa shape index (κ1) is 18.6. The van der Waals surface area contributed by atoms with Crippen LogP contribution in [0.15, 0.2) is 40.7 Å². The summed E-state index contributed by atoms with van der Waals surface area (Å²) in [6.45, 7) is 2.45. The van der Waals surface area contributed by atoms with Gasteiger partial charge in [-0.2, -0.15) is 4.31 Å². The number of carbonyl (C=O) groups is 1. The van der Waals surface area contributed by atoms with Crippen LogP contribution in [0.3, 0.4) is 0 Å². The Kier molecular flexibility index (Phi) is 5.29. The van der Waals surface area contributed by atoms with Gasteiger partial charge in [0.1, 0.15) is 0 Å². The molecule has 2 fully saturated rings. The van der Waals surface area contributed by atoms with E-state index in [1.165, 1.54) is 10.4 Å². The molecule has 8 heteroatoms. The number of piperidine rings is 1. The van der Waals surface area contributed by atoms with Crippen LogP contribution in [0.2, 0.25) is 0 Å². The summed E-state index contributed by atoms with van der Waals surface area (Å²) < 4.78 is 27.1. The Balaban J connectivity index is 1.54. The maximum atomic E-state index is 13.0. The average molecular weight is 406 g/mol. The molecule has 0 bridgehead atoms. The Hall–Kier alpha value is -1.77. The lowest BCUT2D eigenvalue weighted by Crippen LogP contribution is -2.39. The molecule has 2 aliphatic rings. The van der Waals surface area contributed by atoms with Crippen LogP contribution >= 0.6 is 11.3 Å². The minimum atomic E-state index is -3.52. The summed E-state index contributed by atoms with van der Waals surface area (Å²) in [6, 6.07) is 6.48. The molecule has 0 radical (unpaired) electrons. The van der Waals surface area contributed by atoms with Crippen molar-refractivity contribution in [2.75, 3.05) is 26.2 Å². The maximum absolute atomic E-state index is 13.0. The van der Waals surface area contributed by atoms with Crippen LogP contribution in [0.5, 0.6) is 0 Å². The summed E-state index contributed by atoms with van der Waals surface area (Å²) in [7, 11) is -3.52. The fourth-order valence-electron chi connectivity index (χ4n) is 3.85. The van der Waals surface area contributed by atoms with Gasteiger partial charge < -0.3 is 4.90 Å². The van der Waals surface area contributed by atoms with E-state index in [0.717, 1.165) is 30.7 Å². The molecule has 144 valence electrons. The van der Waals surface area contributed by atoms with Crippen molar-refractivity contribution in [1.82, 2.24) is 14.2 Å². The SMILES string of the molecule is O=C(c1cccc(S(=O)(=O)N2CCCC2)c1)N1CCCC(c2nccs2)C1. The molecular weight excluding hydrogens is 382 g/mol. The molecule has 27 heavy (non-hydrogen) atoms. The van der Waals surface area contributed by atoms with Gasteiger partial charge in [-0.05, 0) is 43.9 Å². The number of aromatic nitrogens is 1. The minimum absolute atomic E-state index is 0.102. The number of carbonyl (C=O) groups excluding carboxylic acids is 1. The van der Waals surface area contributed by atoms with Crippen LogP contribution in [0.25, 0.3) is 0 Å². The van der Waals surface area contributed by atoms with Crippen molar-refractivity contribution in [2.45, 2.75) is 36.5 Å². The average Bonchev–Trinajstić information content (AvgIpc) is 3.41. The summed E-state index contributed by atoms with van der Waals surface area (Å²) in [5.74, 6) is 0.161. The monoisotopic (exact) mass is 405 g/mol. The molecule has 1 amide bonds. The first-order valence-corrected chi connectivity index (χ1v) is 11.7. The highest BCUT2D eigenvalue weighted by molar-refractivity contribution is 7.89. The molecule has 1 aromatic carbocycles. The number of sulfonamides is 1. The van der Waals surface area contributed by atoms with Gasteiger partial charge in [0, 0.05) is 49.2 Å². The van der Waals surface area contributed by atoms with E-state index < -0.39 is 10.0 Å². The van der Waals surface area contributed by atoms with E-state index in [1.807, 2.05) is 10.3 Å². The Morgan fingerprint density at radius 1 is 1.15 bits per heavy atom. The number of amides is 1. The Labute approximate surface area is 163 Å². The van der Waals surface area contributed by atoms with E-state index in [1.54, 1.807) is 35.7 Å². The lowest BCUT2D eigenvalue weighted by atomic mass is 9.98. The van der Waals surface area contributed by atoms with Crippen molar-refractivity contribution in [3.8, 4) is 0 Å². The zero-order valence-electron chi connectivity index (χ0n) is 15.1. The molecule has 0 saturated carbocycles. The highest BCUT2D eigenvalue weighted by atomic mass is 32.2. The molecule has 1 atom stereocenters. The molecule has 1 unspecified atom stereocenters. The fraction of sp³-hybridized carbons (Fsp3) is 0.474. The van der Waals surface area contributed by atoms with Gasteiger partial charge in [-0.15, -0.1) is 11.3 Å². The number of likely N-dealkylation sites (tertiary alicyclic amines) is 1. The van der Waals surface area contributed by atoms with Gasteiger partial charge in [0.25, 0.3) is 5.91 Å². The number of hydrogen-bond acceptors (Lipinski definition) is 5. The third kappa shape index (κ3) is 3.79. The summed E-state index contributed by atoms with van der Waals surface area (Å²) in [4.78, 5) is 19.5. The van der Waals surface area contributed by atoms with E-state index in [9.17, 15) is 13.2 Å². The Bertz CT molecular complexity index is 906. The van der Waals surface area contributed by atoms with Crippen molar-refractivity contribution >= 4 is 27.3 Å². The van der Waals surface area contributed by atoms with E-state index in [0.29, 0.717) is 31.7 Å². The summed E-state index contributed by atoms with van der Waals surface area (Å²) in [5, 5.41) is 3.03. The topological polar surface area (TPSA) is 70.6 Å². The molecule has 0 N–H and O–H groups in total. The molecule has 2 aliphatic heterocycles. The number of thiazole rings is 1. The van der Waals surface area contributed by atoms with Crippen molar-refractivity contribution in [3.05, 3.63) is 46.4 Å². The third-order valence-corrected chi connectivity index (χ3v) is 8.13. The molecular formula is C19H23N3O3S2. The lowest BCUT2D eigenvalue weighted by Gasteiger charge is -2.32. The predicted molar refractivity (Wildman–Crippen MR) is 104 cm³/mol. The van der Waals surface area contributed by atoms with Crippen LogP contribution in [0.4, 0.5) is 0 Å². The minimum Gasteiger partial charge on any atom is -0.338 e. The van der Waals surface area contributed by atoms with Crippen LogP contribution in [0, 0.1) is 0 Å². The number of nitrogens with zero attached hydrogens (tertiary/aromatic N) is 3. The highest BCUT2D eigenvalue weighted by Gasteiger charge is 2.30. The predicted octanol–water partition coefficient (Wildman–Crippen LogP) is 2.95. The molecule has 0 spiro atoms. The second-order valence-electron chi connectivity index (χ2n) is 7.10. The molecule has 3 heterocycles. The zero-order chi connectivity index (χ0) is 18.9. The maximum Gasteiger partial charge on any atom is 0.253 e. The zero-order valence-corrected chi connectivity index (χ0v) is 16.7. The van der Waals surface area contributed by atoms with E-state index in [4.69, 9.17) is 0 Å². The van der Waals surface area contributed by atoms with Crippen LogP contribution in [0.1, 0.15) is 47.0 Å². The normalized spacial score (nSPS) is 21.5. The largest absolute Gasteiger partial charge is 0.338 e. The van der Waals surface area contributed by atoms with Gasteiger partial charge in [-0.25, -0.2) is 13.4 Å². The Morgan fingerprint density at radius 3 is 2.70 bits per heavy atom. The third-order valence-electron chi connectivity index (χ3n) is 5.29. The first-order valence-electron chi connectivity index (χ1n) is 9.34. The highest BCUT2D eigenvalue weighted by Crippen LogP contribution is 2.29. The van der Waals surface area contributed by atoms with Gasteiger partial charge in [-0.1, -0.05) is 6.07 Å². The van der Waals surface area contributed by atoms with E-state index >= 15 is 0 Å². The van der Waals surface area contributed by atoms with Crippen LogP contribution in [-0.4, -0.2) is 54.7 Å². The number of rotatable bonds is 4. The van der Waals surface area contributed by atoms with Gasteiger partial charge in [0.2, 0.25) is 10.0 Å². The second kappa shape index (κ2) is 7.69. The summed E-state index contributed by atoms with van der Waals surface area (Å²) in [5.41, 5.74) is 0.440. The van der Waals surface area contributed by atoms with Crippen molar-refractivity contribution in [2.24, 2.45) is 0 Å². The quantitative estimate of drug-likeness (QED) is 0.784. The molecule has 2 aromatic rings. The summed E-state index contributed by atoms with van der Waals surface area (Å²) in [6.07, 6.45) is 5.55. The number of hydrogen-bond donors (Lipinski definition) is 0. The van der Waals surface area contributed by atoms with Gasteiger partial charge in [0.15, 0.2) is 0 Å². The van der Waals surface area contributed by atoms with Crippen LogP contribution in [-0.2, 0) is 10.0 Å². The molecule has 1 aromatic heterocycles. The van der Waals surface area contributed by atoms with Gasteiger partial charge in [-0.3, -0.25) is 4.79 Å². The van der Waals surface area contributed by atoms with E-state index in [2.05, 4.69) is 4.98 Å². The van der Waals surface area contributed by atoms with E-state index in [-0.39, 0.29) is 16.7 Å². The molecule has 6 nitrogen and oxygen atoms in total. The van der Waals surface area contributed by atoms with Crippen LogP contribution < -0.4 is 0 Å². The smallest absolute Gasteiger partial charge is 0.253 e. The molecule has 0 aliphatic carbocycles. The fourth-order valence-corrected chi connectivity index (χ4v) is 6.18. The molecule has 2 saturated heterocycles. The summed E-state index contributed by atoms with van der Waals surface area (Å²) >= 11 is 1.63. The molecule has 4 rings (SSSR count). The number of benzene rings is 1. The first-order chi connectivity index (χ1) is 13.1. The Morgan fingerprint density at radius 2 is 1.96 bits per heavy atom. The van der Waals surface area contributed by atoms with Crippen molar-refractivity contribution in [1.29, 1.82) is 0 Å². The van der Waals surface area contributed by atoms with Gasteiger partial charge >= 0.3 is 0 Å². The van der Waals surface area contributed by atoms with Crippen molar-refractivity contribution in [3.63, 3.8) is 0 Å². The standard InChI is InChI=1S/C19H23N3O3S2/c23-19(21-9-4-6-16(14-21)18-20-8-12-26-18)15-5-3-7-17(13-15)27(24,25)22-10-1-2-11-22/h3,5,7-8,12-13,16H,1-2,4,6,9-11,14H2. The van der Waals surface area contributed by atoms with Gasteiger partial charge in [0.05, 0.1) is 9.90 Å². The van der Waals surface area contributed by atoms with Crippen molar-refractivity contribution < 1.29 is 13.2 Å². The lowest BCUT2D eigenvalue weighted by molar-refractivity contribution is 0.0707.